The van der Waals surface area contributed by atoms with Gasteiger partial charge in [-0.05, 0) is 31.4 Å². The van der Waals surface area contributed by atoms with Crippen molar-refractivity contribution in [1.82, 2.24) is 34.8 Å². The van der Waals surface area contributed by atoms with Gasteiger partial charge in [0.1, 0.15) is 17.2 Å². The third kappa shape index (κ3) is 4.68. The monoisotopic (exact) mass is 473 g/mol. The SMILES string of the molecule is Cn1nc(C(F)(F)F)cc1C(=O)N[C@@H]1CCCCn2nc(-c3ccnc(C(F)(F)F)c3)nc21. The summed E-state index contributed by atoms with van der Waals surface area (Å²) in [5, 5.41) is 10.3. The van der Waals surface area contributed by atoms with Crippen LogP contribution in [0.25, 0.3) is 11.4 Å². The molecule has 0 unspecified atom stereocenters. The summed E-state index contributed by atoms with van der Waals surface area (Å²) in [4.78, 5) is 20.4. The first-order valence-electron chi connectivity index (χ1n) is 9.84. The molecule has 1 aliphatic heterocycles. The lowest BCUT2D eigenvalue weighted by Crippen LogP contribution is -2.31. The van der Waals surface area contributed by atoms with E-state index in [-0.39, 0.29) is 17.1 Å². The molecular formula is C19H17F6N7O. The minimum atomic E-state index is -4.70. The number of fused-ring (bicyclic) bond motifs is 1. The molecule has 3 aromatic rings. The lowest BCUT2D eigenvalue weighted by atomic mass is 10.1. The van der Waals surface area contributed by atoms with Crippen LogP contribution < -0.4 is 5.32 Å². The fourth-order valence-electron chi connectivity index (χ4n) is 3.55. The van der Waals surface area contributed by atoms with Crippen LogP contribution in [0.2, 0.25) is 0 Å². The van der Waals surface area contributed by atoms with Crippen molar-refractivity contribution >= 4 is 5.91 Å². The van der Waals surface area contributed by atoms with Gasteiger partial charge in [0.15, 0.2) is 11.5 Å². The van der Waals surface area contributed by atoms with Gasteiger partial charge in [0.2, 0.25) is 0 Å². The summed E-state index contributed by atoms with van der Waals surface area (Å²) in [5.74, 6) is -0.454. The molecule has 4 heterocycles. The number of pyridine rings is 1. The van der Waals surface area contributed by atoms with Gasteiger partial charge in [-0.15, -0.1) is 0 Å². The molecule has 0 radical (unpaired) electrons. The zero-order chi connectivity index (χ0) is 24.0. The van der Waals surface area contributed by atoms with Crippen LogP contribution in [-0.2, 0) is 25.9 Å². The highest BCUT2D eigenvalue weighted by molar-refractivity contribution is 5.93. The minimum Gasteiger partial charge on any atom is -0.341 e. The first-order valence-corrected chi connectivity index (χ1v) is 9.84. The molecule has 1 amide bonds. The van der Waals surface area contributed by atoms with Crippen LogP contribution in [0.15, 0.2) is 24.4 Å². The average Bonchev–Trinajstić information content (AvgIpc) is 3.29. The molecule has 3 aromatic heterocycles. The molecular weight excluding hydrogens is 456 g/mol. The number of alkyl halides is 6. The Morgan fingerprint density at radius 2 is 1.79 bits per heavy atom. The van der Waals surface area contributed by atoms with Gasteiger partial charge >= 0.3 is 12.4 Å². The highest BCUT2D eigenvalue weighted by Gasteiger charge is 2.36. The van der Waals surface area contributed by atoms with Crippen molar-refractivity contribution < 1.29 is 31.1 Å². The van der Waals surface area contributed by atoms with E-state index >= 15 is 0 Å². The van der Waals surface area contributed by atoms with Gasteiger partial charge in [0.05, 0.1) is 6.04 Å². The van der Waals surface area contributed by atoms with Crippen LogP contribution >= 0.6 is 0 Å². The molecule has 0 saturated carbocycles. The van der Waals surface area contributed by atoms with Gasteiger partial charge in [-0.2, -0.15) is 36.5 Å². The van der Waals surface area contributed by atoms with Crippen molar-refractivity contribution in [2.45, 2.75) is 44.2 Å². The summed E-state index contributed by atoms with van der Waals surface area (Å²) in [6, 6.07) is 2.12. The number of hydrogen-bond acceptors (Lipinski definition) is 5. The Morgan fingerprint density at radius 3 is 2.45 bits per heavy atom. The van der Waals surface area contributed by atoms with Crippen molar-refractivity contribution in [3.8, 4) is 11.4 Å². The number of rotatable bonds is 3. The number of nitrogens with one attached hydrogen (secondary N) is 1. The van der Waals surface area contributed by atoms with Crippen LogP contribution in [0.3, 0.4) is 0 Å². The Balaban J connectivity index is 1.62. The van der Waals surface area contributed by atoms with Gasteiger partial charge < -0.3 is 5.32 Å². The minimum absolute atomic E-state index is 0.0268. The second-order valence-corrected chi connectivity index (χ2v) is 7.50. The van der Waals surface area contributed by atoms with E-state index in [1.54, 1.807) is 0 Å². The Labute approximate surface area is 182 Å². The van der Waals surface area contributed by atoms with Crippen LogP contribution in [-0.4, -0.2) is 35.4 Å². The normalized spacial score (nSPS) is 16.9. The zero-order valence-electron chi connectivity index (χ0n) is 17.1. The first kappa shape index (κ1) is 22.7. The number of amides is 1. The van der Waals surface area contributed by atoms with E-state index in [4.69, 9.17) is 0 Å². The number of carbonyl (C=O) groups excluding carboxylic acids is 1. The quantitative estimate of drug-likeness (QED) is 0.585. The van der Waals surface area contributed by atoms with Crippen molar-refractivity contribution in [3.05, 3.63) is 47.3 Å². The van der Waals surface area contributed by atoms with E-state index in [1.165, 1.54) is 17.8 Å². The van der Waals surface area contributed by atoms with Crippen LogP contribution in [0, 0.1) is 0 Å². The van der Waals surface area contributed by atoms with Gasteiger partial charge in [0, 0.05) is 31.4 Å². The van der Waals surface area contributed by atoms with Gasteiger partial charge in [0.25, 0.3) is 5.91 Å². The largest absolute Gasteiger partial charge is 0.435 e. The Morgan fingerprint density at radius 1 is 1.06 bits per heavy atom. The van der Waals surface area contributed by atoms with Crippen molar-refractivity contribution in [2.24, 2.45) is 7.05 Å². The molecule has 0 bridgehead atoms. The summed E-state index contributed by atoms with van der Waals surface area (Å²) in [6.07, 6.45) is -6.55. The van der Waals surface area contributed by atoms with Gasteiger partial charge in [-0.1, -0.05) is 0 Å². The third-order valence-electron chi connectivity index (χ3n) is 5.14. The van der Waals surface area contributed by atoms with Crippen molar-refractivity contribution in [2.75, 3.05) is 0 Å². The van der Waals surface area contributed by atoms with E-state index < -0.39 is 35.7 Å². The van der Waals surface area contributed by atoms with Crippen molar-refractivity contribution in [3.63, 3.8) is 0 Å². The third-order valence-corrected chi connectivity index (χ3v) is 5.14. The van der Waals surface area contributed by atoms with Crippen LogP contribution in [0.5, 0.6) is 0 Å². The van der Waals surface area contributed by atoms with E-state index in [9.17, 15) is 31.1 Å². The maximum atomic E-state index is 13.0. The van der Waals surface area contributed by atoms with E-state index in [1.807, 2.05) is 0 Å². The Bertz CT molecular complexity index is 1180. The molecule has 1 N–H and O–H groups in total. The maximum Gasteiger partial charge on any atom is 0.435 e. The number of aryl methyl sites for hydroxylation is 2. The zero-order valence-corrected chi connectivity index (χ0v) is 17.1. The van der Waals surface area contributed by atoms with Crippen molar-refractivity contribution in [1.29, 1.82) is 0 Å². The lowest BCUT2D eigenvalue weighted by molar-refractivity contribution is -0.142. The molecule has 0 aromatic carbocycles. The summed E-state index contributed by atoms with van der Waals surface area (Å²) < 4.78 is 80.1. The Hall–Kier alpha value is -3.45. The number of hydrogen-bond donors (Lipinski definition) is 1. The standard InChI is InChI=1S/C19H17F6N7O/c1-31-12(9-14(29-31)19(23,24)25)17(33)27-11-4-2-3-7-32-16(11)28-15(30-32)10-5-6-26-13(8-10)18(20,21)22/h5-6,8-9,11H,2-4,7H2,1H3,(H,27,33)/t11-/m1/s1. The average molecular weight is 473 g/mol. The van der Waals surface area contributed by atoms with E-state index in [0.29, 0.717) is 37.7 Å². The van der Waals surface area contributed by atoms with Gasteiger partial charge in [-0.3, -0.25) is 14.5 Å². The molecule has 33 heavy (non-hydrogen) atoms. The predicted molar refractivity (Wildman–Crippen MR) is 101 cm³/mol. The molecule has 8 nitrogen and oxygen atoms in total. The van der Waals surface area contributed by atoms with Gasteiger partial charge in [-0.25, -0.2) is 9.67 Å². The summed E-state index contributed by atoms with van der Waals surface area (Å²) in [6.45, 7) is 0.426. The maximum absolute atomic E-state index is 13.0. The number of nitrogens with zero attached hydrogens (tertiary/aromatic N) is 6. The smallest absolute Gasteiger partial charge is 0.341 e. The molecule has 0 aliphatic carbocycles. The molecule has 1 atom stereocenters. The number of aromatic nitrogens is 6. The van der Waals surface area contributed by atoms with Crippen LogP contribution in [0.4, 0.5) is 26.3 Å². The summed E-state index contributed by atoms with van der Waals surface area (Å²) in [7, 11) is 1.22. The molecule has 0 saturated heterocycles. The molecule has 0 fully saturated rings. The number of carbonyl (C=O) groups is 1. The Kier molecular flexibility index (Phi) is 5.62. The summed E-state index contributed by atoms with van der Waals surface area (Å²) in [5.41, 5.74) is -2.47. The summed E-state index contributed by atoms with van der Waals surface area (Å²) >= 11 is 0. The predicted octanol–water partition coefficient (Wildman–Crippen LogP) is 3.77. The fourth-order valence-corrected chi connectivity index (χ4v) is 3.55. The second-order valence-electron chi connectivity index (χ2n) is 7.50. The first-order chi connectivity index (χ1) is 15.4. The highest BCUT2D eigenvalue weighted by atomic mass is 19.4. The molecule has 4 rings (SSSR count). The topological polar surface area (TPSA) is 90.5 Å². The van der Waals surface area contributed by atoms with E-state index in [0.717, 1.165) is 16.9 Å². The van der Waals surface area contributed by atoms with E-state index in [2.05, 4.69) is 25.5 Å². The lowest BCUT2D eigenvalue weighted by Gasteiger charge is -2.15. The second kappa shape index (κ2) is 8.15. The molecule has 176 valence electrons. The highest BCUT2D eigenvalue weighted by Crippen LogP contribution is 2.32. The molecule has 1 aliphatic rings. The fraction of sp³-hybridized carbons (Fsp3) is 0.421. The molecule has 0 spiro atoms. The molecule has 14 heteroatoms. The van der Waals surface area contributed by atoms with Crippen LogP contribution in [0.1, 0.15) is 53.0 Å². The number of halogens is 6.